The normalized spacial score (nSPS) is 18.1. The van der Waals surface area contributed by atoms with Crippen LogP contribution in [0.25, 0.3) is 10.1 Å². The van der Waals surface area contributed by atoms with Crippen molar-refractivity contribution in [2.75, 3.05) is 13.7 Å². The molecule has 1 saturated carbocycles. The molecule has 1 aromatic heterocycles. The third kappa shape index (κ3) is 6.96. The van der Waals surface area contributed by atoms with Crippen molar-refractivity contribution < 1.29 is 29.0 Å². The van der Waals surface area contributed by atoms with Gasteiger partial charge in [0.2, 0.25) is 0 Å². The quantitative estimate of drug-likeness (QED) is 0.414. The number of ether oxygens (including phenoxy) is 2. The summed E-state index contributed by atoms with van der Waals surface area (Å²) in [6, 6.07) is 6.31. The van der Waals surface area contributed by atoms with Gasteiger partial charge in [-0.15, -0.1) is 11.3 Å². The fourth-order valence-corrected chi connectivity index (χ4v) is 4.52. The number of aliphatic hydroxyl groups excluding tert-OH is 1. The smallest absolute Gasteiger partial charge is 0.408 e. The monoisotopic (exact) mass is 500 g/mol. The molecule has 1 aliphatic rings. The third-order valence-electron chi connectivity index (χ3n) is 5.56. The summed E-state index contributed by atoms with van der Waals surface area (Å²) in [6.07, 6.45) is 0.216. The Labute approximate surface area is 209 Å². The lowest BCUT2D eigenvalue weighted by Gasteiger charge is -2.34. The molecule has 9 heteroatoms. The summed E-state index contributed by atoms with van der Waals surface area (Å²) in [5, 5.41) is 15.4. The molecule has 1 aromatic carbocycles. The van der Waals surface area contributed by atoms with Crippen molar-refractivity contribution >= 4 is 39.4 Å². The van der Waals surface area contributed by atoms with Gasteiger partial charge in [0.1, 0.15) is 11.6 Å². The first-order valence-corrected chi connectivity index (χ1v) is 12.2. The summed E-state index contributed by atoms with van der Waals surface area (Å²) >= 11 is 1.28. The summed E-state index contributed by atoms with van der Waals surface area (Å²) in [5.74, 6) is 5.69. The van der Waals surface area contributed by atoms with Crippen LogP contribution in [0, 0.1) is 23.7 Å². The molecule has 1 aliphatic carbocycles. The number of carbonyl (C=O) groups excluding carboxylic acids is 3. The third-order valence-corrected chi connectivity index (χ3v) is 6.66. The maximum atomic E-state index is 13.1. The average Bonchev–Trinajstić information content (AvgIpc) is 3.40. The first-order valence-electron chi connectivity index (χ1n) is 11.4. The van der Waals surface area contributed by atoms with Crippen molar-refractivity contribution in [3.8, 4) is 11.8 Å². The molecule has 8 nitrogen and oxygen atoms in total. The van der Waals surface area contributed by atoms with Crippen molar-refractivity contribution in [2.45, 2.75) is 58.2 Å². The lowest BCUT2D eigenvalue weighted by molar-refractivity contribution is -0.144. The first kappa shape index (κ1) is 26.5. The van der Waals surface area contributed by atoms with Crippen LogP contribution in [0.1, 0.15) is 56.3 Å². The lowest BCUT2D eigenvalue weighted by atomic mass is 9.94. The van der Waals surface area contributed by atoms with Gasteiger partial charge in [-0.3, -0.25) is 4.79 Å². The van der Waals surface area contributed by atoms with Crippen molar-refractivity contribution in [3.05, 3.63) is 34.7 Å². The minimum absolute atomic E-state index is 0.165. The number of benzene rings is 1. The van der Waals surface area contributed by atoms with Crippen molar-refractivity contribution in [1.29, 1.82) is 0 Å². The number of thiophene rings is 1. The van der Waals surface area contributed by atoms with E-state index in [2.05, 4.69) is 22.5 Å². The van der Waals surface area contributed by atoms with E-state index in [-0.39, 0.29) is 18.4 Å². The van der Waals surface area contributed by atoms with Crippen LogP contribution < -0.4 is 10.6 Å². The van der Waals surface area contributed by atoms with Crippen LogP contribution in [0.3, 0.4) is 0 Å². The number of nitrogens with one attached hydrogen (secondary N) is 2. The molecule has 2 amide bonds. The summed E-state index contributed by atoms with van der Waals surface area (Å²) in [5.41, 5.74) is -1.08. The molecule has 1 fully saturated rings. The molecular formula is C26H32N2O6S. The molecule has 1 unspecified atom stereocenters. The van der Waals surface area contributed by atoms with Crippen LogP contribution in [-0.2, 0) is 14.3 Å². The SMILES string of the molecule is COC(=O)[C@@H](NC(=O)c1cc2ccc(C#C[C@@H]3CC3CO)cc2s1)C(C)(C)NC(=O)OC(C)(C)C. The number of carbonyl (C=O) groups is 3. The van der Waals surface area contributed by atoms with Crippen LogP contribution >= 0.6 is 11.3 Å². The van der Waals surface area contributed by atoms with Crippen molar-refractivity contribution in [3.63, 3.8) is 0 Å². The van der Waals surface area contributed by atoms with E-state index >= 15 is 0 Å². The summed E-state index contributed by atoms with van der Waals surface area (Å²) in [7, 11) is 1.22. The standard InChI is InChI=1S/C26H32N2O6S/c1-25(2,3)34-24(32)28-26(4,5)21(23(31)33-6)27-22(30)20-13-17-10-8-15(11-19(17)35-20)7-9-16-12-18(16)14-29/h8,10-11,13,16,18,21,29H,12,14H2,1-6H3,(H,27,30)(H,28,32)/t16-,18?,21-/m1/s1. The van der Waals surface area contributed by atoms with E-state index in [0.717, 1.165) is 22.1 Å². The number of aliphatic hydroxyl groups is 1. The van der Waals surface area contributed by atoms with E-state index in [0.29, 0.717) is 4.88 Å². The maximum Gasteiger partial charge on any atom is 0.408 e. The second-order valence-corrected chi connectivity index (χ2v) is 11.3. The van der Waals surface area contributed by atoms with Gasteiger partial charge < -0.3 is 25.2 Å². The van der Waals surface area contributed by atoms with Gasteiger partial charge in [-0.05, 0) is 70.5 Å². The highest BCUT2D eigenvalue weighted by atomic mass is 32.1. The molecule has 0 saturated heterocycles. The lowest BCUT2D eigenvalue weighted by Crippen LogP contribution is -2.62. The van der Waals surface area contributed by atoms with Gasteiger partial charge >= 0.3 is 12.1 Å². The molecule has 3 atom stereocenters. The Kier molecular flexibility index (Phi) is 7.77. The Morgan fingerprint density at radius 1 is 1.20 bits per heavy atom. The van der Waals surface area contributed by atoms with E-state index in [1.807, 2.05) is 18.2 Å². The molecule has 0 radical (unpaired) electrons. The molecule has 0 spiro atoms. The van der Waals surface area contributed by atoms with Gasteiger partial charge in [0.05, 0.1) is 17.5 Å². The maximum absolute atomic E-state index is 13.1. The minimum Gasteiger partial charge on any atom is -0.467 e. The van der Waals surface area contributed by atoms with Gasteiger partial charge in [-0.2, -0.15) is 0 Å². The van der Waals surface area contributed by atoms with Crippen LogP contribution in [-0.4, -0.2) is 54.0 Å². The Morgan fingerprint density at radius 2 is 1.91 bits per heavy atom. The van der Waals surface area contributed by atoms with Crippen LogP contribution in [0.5, 0.6) is 0 Å². The van der Waals surface area contributed by atoms with Gasteiger partial charge in [-0.1, -0.05) is 17.9 Å². The number of rotatable bonds is 6. The Morgan fingerprint density at radius 3 is 2.51 bits per heavy atom. The number of amides is 2. The number of methoxy groups -OCH3 is 1. The average molecular weight is 501 g/mol. The largest absolute Gasteiger partial charge is 0.467 e. The van der Waals surface area contributed by atoms with Gasteiger partial charge in [0.15, 0.2) is 0 Å². The highest BCUT2D eigenvalue weighted by Crippen LogP contribution is 2.37. The van der Waals surface area contributed by atoms with Crippen molar-refractivity contribution in [2.24, 2.45) is 11.8 Å². The fraction of sp³-hybridized carbons (Fsp3) is 0.500. The highest BCUT2D eigenvalue weighted by molar-refractivity contribution is 7.20. The van der Waals surface area contributed by atoms with Gasteiger partial charge in [-0.25, -0.2) is 9.59 Å². The number of esters is 1. The molecule has 35 heavy (non-hydrogen) atoms. The molecule has 0 aliphatic heterocycles. The Balaban J connectivity index is 1.76. The second-order valence-electron chi connectivity index (χ2n) is 10.2. The molecule has 3 N–H and O–H groups in total. The van der Waals surface area contributed by atoms with Crippen molar-refractivity contribution in [1.82, 2.24) is 10.6 Å². The zero-order valence-electron chi connectivity index (χ0n) is 20.9. The van der Waals surface area contributed by atoms with E-state index in [4.69, 9.17) is 14.6 Å². The predicted molar refractivity (Wildman–Crippen MR) is 134 cm³/mol. The van der Waals surface area contributed by atoms with Crippen LogP contribution in [0.15, 0.2) is 24.3 Å². The summed E-state index contributed by atoms with van der Waals surface area (Å²) in [6.45, 7) is 8.57. The van der Waals surface area contributed by atoms with Crippen LogP contribution in [0.4, 0.5) is 4.79 Å². The van der Waals surface area contributed by atoms with E-state index in [1.165, 1.54) is 18.4 Å². The minimum atomic E-state index is -1.19. The molecule has 188 valence electrons. The topological polar surface area (TPSA) is 114 Å². The predicted octanol–water partition coefficient (Wildman–Crippen LogP) is 3.46. The van der Waals surface area contributed by atoms with E-state index in [9.17, 15) is 14.4 Å². The number of alkyl carbamates (subject to hydrolysis) is 1. The Hall–Kier alpha value is -3.09. The molecule has 3 rings (SSSR count). The number of fused-ring (bicyclic) bond motifs is 1. The molecule has 0 bridgehead atoms. The van der Waals surface area contributed by atoms with E-state index < -0.39 is 35.2 Å². The fourth-order valence-electron chi connectivity index (χ4n) is 3.52. The molecule has 1 heterocycles. The molecule has 2 aromatic rings. The first-order chi connectivity index (χ1) is 16.3. The number of hydrogen-bond acceptors (Lipinski definition) is 7. The van der Waals surface area contributed by atoms with Gasteiger partial charge in [0.25, 0.3) is 5.91 Å². The zero-order chi connectivity index (χ0) is 26.0. The molecular weight excluding hydrogens is 468 g/mol. The second kappa shape index (κ2) is 10.3. The number of hydrogen-bond donors (Lipinski definition) is 3. The van der Waals surface area contributed by atoms with Gasteiger partial charge in [0, 0.05) is 22.8 Å². The summed E-state index contributed by atoms with van der Waals surface area (Å²) < 4.78 is 11.1. The summed E-state index contributed by atoms with van der Waals surface area (Å²) in [4.78, 5) is 38.3. The zero-order valence-corrected chi connectivity index (χ0v) is 21.7. The highest BCUT2D eigenvalue weighted by Gasteiger charge is 2.40. The Bertz CT molecular complexity index is 1180. The van der Waals surface area contributed by atoms with E-state index in [1.54, 1.807) is 40.7 Å². The van der Waals surface area contributed by atoms with Crippen LogP contribution in [0.2, 0.25) is 0 Å².